The molecule has 0 fully saturated rings. The Kier molecular flexibility index (Phi) is 4.20. The third-order valence-electron chi connectivity index (χ3n) is 2.18. The van der Waals surface area contributed by atoms with Crippen molar-refractivity contribution < 1.29 is 14.3 Å². The molecule has 5 heteroatoms. The van der Waals surface area contributed by atoms with Crippen LogP contribution in [0.15, 0.2) is 24.5 Å². The molecule has 1 aromatic rings. The van der Waals surface area contributed by atoms with Crippen LogP contribution < -0.4 is 5.32 Å². The molecule has 0 atom stereocenters. The summed E-state index contributed by atoms with van der Waals surface area (Å²) in [4.78, 5) is 14.3. The van der Waals surface area contributed by atoms with Crippen molar-refractivity contribution in [1.29, 1.82) is 0 Å². The summed E-state index contributed by atoms with van der Waals surface area (Å²) in [7, 11) is 3.03. The zero-order valence-corrected chi connectivity index (χ0v) is 8.77. The number of rotatable bonds is 6. The highest BCUT2D eigenvalue weighted by molar-refractivity contribution is 5.46. The smallest absolute Gasteiger partial charge is 0.213 e. The van der Waals surface area contributed by atoms with Gasteiger partial charge in [0.05, 0.1) is 6.54 Å². The fourth-order valence-electron chi connectivity index (χ4n) is 1.33. The highest BCUT2D eigenvalue weighted by atomic mass is 16.7. The van der Waals surface area contributed by atoms with Crippen molar-refractivity contribution in [2.45, 2.75) is 5.79 Å². The third-order valence-corrected chi connectivity index (χ3v) is 2.18. The van der Waals surface area contributed by atoms with Crippen LogP contribution in [-0.4, -0.2) is 32.2 Å². The van der Waals surface area contributed by atoms with Gasteiger partial charge in [-0.15, -0.1) is 0 Å². The fourth-order valence-corrected chi connectivity index (χ4v) is 1.33. The molecule has 0 aromatic carbocycles. The Morgan fingerprint density at radius 1 is 1.53 bits per heavy atom. The minimum absolute atomic E-state index is 0.231. The number of carbonyl (C=O) groups is 1. The molecule has 0 unspecified atom stereocenters. The topological polar surface area (TPSA) is 60.5 Å². The van der Waals surface area contributed by atoms with Gasteiger partial charge in [-0.3, -0.25) is 9.78 Å². The third kappa shape index (κ3) is 2.51. The normalized spacial score (nSPS) is 11.1. The molecule has 0 spiro atoms. The molecule has 1 heterocycles. The van der Waals surface area contributed by atoms with Crippen LogP contribution in [0, 0.1) is 0 Å². The molecule has 0 saturated heterocycles. The van der Waals surface area contributed by atoms with E-state index in [9.17, 15) is 4.79 Å². The van der Waals surface area contributed by atoms with Crippen LogP contribution in [0.1, 0.15) is 5.56 Å². The quantitative estimate of drug-likeness (QED) is 0.541. The number of nitrogens with zero attached hydrogens (tertiary/aromatic N) is 1. The van der Waals surface area contributed by atoms with E-state index in [-0.39, 0.29) is 6.54 Å². The van der Waals surface area contributed by atoms with Crippen molar-refractivity contribution in [3.05, 3.63) is 30.1 Å². The monoisotopic (exact) mass is 210 g/mol. The number of carbonyl (C=O) groups excluding carboxylic acids is 1. The first-order valence-corrected chi connectivity index (χ1v) is 4.47. The number of hydrogen-bond donors (Lipinski definition) is 1. The van der Waals surface area contributed by atoms with E-state index in [2.05, 4.69) is 10.3 Å². The molecule has 82 valence electrons. The fraction of sp³-hybridized carbons (Fsp3) is 0.400. The summed E-state index contributed by atoms with van der Waals surface area (Å²) in [5.41, 5.74) is 0.754. The zero-order valence-electron chi connectivity index (χ0n) is 8.77. The largest absolute Gasteiger partial charge is 0.353 e. The molecule has 1 amide bonds. The molecule has 0 radical (unpaired) electrons. The summed E-state index contributed by atoms with van der Waals surface area (Å²) in [5.74, 6) is -0.977. The van der Waals surface area contributed by atoms with Crippen molar-refractivity contribution >= 4 is 6.41 Å². The number of methoxy groups -OCH3 is 2. The first-order valence-electron chi connectivity index (χ1n) is 4.47. The maximum atomic E-state index is 10.3. The minimum atomic E-state index is -0.977. The zero-order chi connectivity index (χ0) is 11.1. The van der Waals surface area contributed by atoms with Gasteiger partial charge in [0.1, 0.15) is 0 Å². The minimum Gasteiger partial charge on any atom is -0.353 e. The second-order valence-corrected chi connectivity index (χ2v) is 2.90. The average molecular weight is 210 g/mol. The van der Waals surface area contributed by atoms with E-state index in [1.807, 2.05) is 6.07 Å². The molecule has 1 rings (SSSR count). The Balaban J connectivity index is 2.94. The van der Waals surface area contributed by atoms with Crippen molar-refractivity contribution in [2.75, 3.05) is 20.8 Å². The van der Waals surface area contributed by atoms with Crippen LogP contribution in [-0.2, 0) is 20.1 Å². The predicted octanol–water partition coefficient (Wildman–Crippen LogP) is 0.273. The maximum absolute atomic E-state index is 10.3. The second-order valence-electron chi connectivity index (χ2n) is 2.90. The lowest BCUT2D eigenvalue weighted by Gasteiger charge is -2.30. The van der Waals surface area contributed by atoms with Gasteiger partial charge in [-0.25, -0.2) is 0 Å². The van der Waals surface area contributed by atoms with Crippen molar-refractivity contribution in [2.24, 2.45) is 0 Å². The van der Waals surface area contributed by atoms with E-state index in [1.54, 1.807) is 18.5 Å². The van der Waals surface area contributed by atoms with E-state index < -0.39 is 5.79 Å². The van der Waals surface area contributed by atoms with Crippen molar-refractivity contribution in [1.82, 2.24) is 10.3 Å². The molecule has 1 N–H and O–H groups in total. The van der Waals surface area contributed by atoms with E-state index in [1.165, 1.54) is 14.2 Å². The van der Waals surface area contributed by atoms with E-state index in [0.717, 1.165) is 5.56 Å². The van der Waals surface area contributed by atoms with Gasteiger partial charge in [-0.05, 0) is 6.07 Å². The first kappa shape index (κ1) is 11.6. The second kappa shape index (κ2) is 5.43. The van der Waals surface area contributed by atoms with Gasteiger partial charge < -0.3 is 14.8 Å². The summed E-state index contributed by atoms with van der Waals surface area (Å²) in [6.45, 7) is 0.231. The van der Waals surface area contributed by atoms with Gasteiger partial charge in [-0.2, -0.15) is 0 Å². The molecule has 0 saturated carbocycles. The Bertz CT molecular complexity index is 299. The Hall–Kier alpha value is -1.46. The molecule has 15 heavy (non-hydrogen) atoms. The SMILES string of the molecule is COC(CNC=O)(OC)c1cccnc1. The summed E-state index contributed by atoms with van der Waals surface area (Å²) in [6, 6.07) is 3.61. The Morgan fingerprint density at radius 3 is 2.73 bits per heavy atom. The number of nitrogens with one attached hydrogen (secondary N) is 1. The number of ether oxygens (including phenoxy) is 2. The Labute approximate surface area is 88.4 Å². The summed E-state index contributed by atoms with van der Waals surface area (Å²) >= 11 is 0. The maximum Gasteiger partial charge on any atom is 0.213 e. The molecular formula is C10H14N2O3. The number of amides is 1. The van der Waals surface area contributed by atoms with E-state index >= 15 is 0 Å². The lowest BCUT2D eigenvalue weighted by atomic mass is 10.1. The van der Waals surface area contributed by atoms with Crippen molar-refractivity contribution in [3.8, 4) is 0 Å². The van der Waals surface area contributed by atoms with Crippen LogP contribution in [0.3, 0.4) is 0 Å². The van der Waals surface area contributed by atoms with Crippen LogP contribution in [0.2, 0.25) is 0 Å². The molecule has 0 aliphatic heterocycles. The van der Waals surface area contributed by atoms with E-state index in [0.29, 0.717) is 6.41 Å². The first-order chi connectivity index (χ1) is 7.29. The summed E-state index contributed by atoms with van der Waals surface area (Å²) in [6.07, 6.45) is 3.90. The molecular weight excluding hydrogens is 196 g/mol. The van der Waals surface area contributed by atoms with Gasteiger partial charge in [0.25, 0.3) is 0 Å². The van der Waals surface area contributed by atoms with Gasteiger partial charge in [0.2, 0.25) is 12.2 Å². The molecule has 5 nitrogen and oxygen atoms in total. The molecule has 0 aliphatic rings. The van der Waals surface area contributed by atoms with Gasteiger partial charge in [-0.1, -0.05) is 6.07 Å². The van der Waals surface area contributed by atoms with Crippen molar-refractivity contribution in [3.63, 3.8) is 0 Å². The van der Waals surface area contributed by atoms with Crippen LogP contribution in [0.5, 0.6) is 0 Å². The van der Waals surface area contributed by atoms with Crippen LogP contribution >= 0.6 is 0 Å². The van der Waals surface area contributed by atoms with Crippen LogP contribution in [0.4, 0.5) is 0 Å². The highest BCUT2D eigenvalue weighted by Gasteiger charge is 2.31. The Morgan fingerprint density at radius 2 is 2.27 bits per heavy atom. The lowest BCUT2D eigenvalue weighted by molar-refractivity contribution is -0.211. The molecule has 0 bridgehead atoms. The van der Waals surface area contributed by atoms with Gasteiger partial charge in [0.15, 0.2) is 0 Å². The van der Waals surface area contributed by atoms with Gasteiger partial charge in [0, 0.05) is 32.2 Å². The predicted molar refractivity (Wildman–Crippen MR) is 54.0 cm³/mol. The van der Waals surface area contributed by atoms with Gasteiger partial charge >= 0.3 is 0 Å². The number of hydrogen-bond acceptors (Lipinski definition) is 4. The summed E-state index contributed by atoms with van der Waals surface area (Å²) < 4.78 is 10.6. The standard InChI is InChI=1S/C10H14N2O3/c1-14-10(15-2,7-12-8-13)9-4-3-5-11-6-9/h3-6,8H,7H2,1-2H3,(H,12,13). The summed E-state index contributed by atoms with van der Waals surface area (Å²) in [5, 5.41) is 2.53. The number of aromatic nitrogens is 1. The average Bonchev–Trinajstić information content (AvgIpc) is 2.33. The highest BCUT2D eigenvalue weighted by Crippen LogP contribution is 2.24. The van der Waals surface area contributed by atoms with E-state index in [4.69, 9.17) is 9.47 Å². The lowest BCUT2D eigenvalue weighted by Crippen LogP contribution is -2.41. The molecule has 1 aromatic heterocycles. The van der Waals surface area contributed by atoms with Crippen LogP contribution in [0.25, 0.3) is 0 Å². The number of pyridine rings is 1. The molecule has 0 aliphatic carbocycles.